The Morgan fingerprint density at radius 2 is 1.97 bits per heavy atom. The van der Waals surface area contributed by atoms with Crippen LogP contribution in [0, 0.1) is 11.3 Å². The van der Waals surface area contributed by atoms with Crippen molar-refractivity contribution in [2.45, 2.75) is 51.0 Å². The minimum Gasteiger partial charge on any atom is -0.494 e. The molecule has 0 aliphatic heterocycles. The van der Waals surface area contributed by atoms with E-state index >= 15 is 0 Å². The number of hydrogen-bond acceptors (Lipinski definition) is 6. The number of amides is 2. The standard InChI is InChI=1S/C27H30N6O3/c1-36-24-18(17-13-30-33(15-17)22-6-3-9-27(22)10-11-27)4-2-5-20(24)31-21-12-23(29-14-19(21)25(28)34)32-26(35)16-7-8-16/h2,4-5,12-16,22H,3,6-11H2,1H3,(H2,28,34)(H2,29,31,32,35)/t22-/m0/s1. The number of carbonyl (C=O) groups excluding carboxylic acids is 2. The fourth-order valence-corrected chi connectivity index (χ4v) is 5.55. The summed E-state index contributed by atoms with van der Waals surface area (Å²) in [6.45, 7) is 0. The van der Waals surface area contributed by atoms with E-state index in [1.54, 1.807) is 13.2 Å². The summed E-state index contributed by atoms with van der Waals surface area (Å²) < 4.78 is 7.96. The topological polar surface area (TPSA) is 124 Å². The average molecular weight is 487 g/mol. The van der Waals surface area contributed by atoms with Gasteiger partial charge in [-0.2, -0.15) is 5.10 Å². The van der Waals surface area contributed by atoms with E-state index in [0.717, 1.165) is 24.0 Å². The molecule has 1 spiro atoms. The summed E-state index contributed by atoms with van der Waals surface area (Å²) >= 11 is 0. The molecule has 3 aliphatic carbocycles. The molecule has 6 rings (SSSR count). The summed E-state index contributed by atoms with van der Waals surface area (Å²) in [6.07, 6.45) is 13.5. The zero-order valence-electron chi connectivity index (χ0n) is 20.3. The highest BCUT2D eigenvalue weighted by Gasteiger charge is 2.53. The first-order valence-corrected chi connectivity index (χ1v) is 12.6. The molecular formula is C27H30N6O3. The summed E-state index contributed by atoms with van der Waals surface area (Å²) in [6, 6.07) is 7.89. The zero-order chi connectivity index (χ0) is 24.9. The lowest BCUT2D eigenvalue weighted by atomic mass is 10.0. The van der Waals surface area contributed by atoms with Crippen LogP contribution in [0.4, 0.5) is 17.2 Å². The first-order valence-electron chi connectivity index (χ1n) is 12.6. The molecule has 4 N–H and O–H groups in total. The molecule has 3 aromatic rings. The van der Waals surface area contributed by atoms with E-state index in [2.05, 4.69) is 26.5 Å². The monoisotopic (exact) mass is 486 g/mol. The second-order valence-corrected chi connectivity index (χ2v) is 10.2. The highest BCUT2D eigenvalue weighted by molar-refractivity contribution is 6.01. The van der Waals surface area contributed by atoms with E-state index in [1.807, 2.05) is 24.4 Å². The van der Waals surface area contributed by atoms with E-state index in [1.165, 1.54) is 38.3 Å². The Morgan fingerprint density at radius 3 is 2.69 bits per heavy atom. The number of primary amides is 1. The highest BCUT2D eigenvalue weighted by Crippen LogP contribution is 2.63. The Hall–Kier alpha value is -3.88. The van der Waals surface area contributed by atoms with Crippen LogP contribution in [0.5, 0.6) is 5.75 Å². The van der Waals surface area contributed by atoms with Crippen molar-refractivity contribution in [1.82, 2.24) is 14.8 Å². The van der Waals surface area contributed by atoms with Crippen LogP contribution in [0.1, 0.15) is 61.3 Å². The second-order valence-electron chi connectivity index (χ2n) is 10.2. The molecule has 3 fully saturated rings. The molecule has 3 saturated carbocycles. The number of carbonyl (C=O) groups is 2. The predicted molar refractivity (Wildman–Crippen MR) is 136 cm³/mol. The highest BCUT2D eigenvalue weighted by atomic mass is 16.5. The summed E-state index contributed by atoms with van der Waals surface area (Å²) in [5, 5.41) is 10.8. The SMILES string of the molecule is COc1c(Nc2cc(NC(=O)C3CC3)ncc2C(N)=O)cccc1-c1cnn([C@H]2CCCC23CC3)c1. The van der Waals surface area contributed by atoms with Crippen molar-refractivity contribution in [3.05, 3.63) is 48.4 Å². The van der Waals surface area contributed by atoms with Gasteiger partial charge >= 0.3 is 0 Å². The van der Waals surface area contributed by atoms with Gasteiger partial charge in [0.05, 0.1) is 36.3 Å². The van der Waals surface area contributed by atoms with Crippen LogP contribution in [0.25, 0.3) is 11.1 Å². The summed E-state index contributed by atoms with van der Waals surface area (Å²) in [4.78, 5) is 28.5. The predicted octanol–water partition coefficient (Wildman–Crippen LogP) is 4.65. The molecule has 0 unspecified atom stereocenters. The van der Waals surface area contributed by atoms with Crippen LogP contribution >= 0.6 is 0 Å². The number of hydrogen-bond donors (Lipinski definition) is 3. The average Bonchev–Trinajstić information content (AvgIpc) is 3.76. The fraction of sp³-hybridized carbons (Fsp3) is 0.407. The lowest BCUT2D eigenvalue weighted by Crippen LogP contribution is -2.17. The Morgan fingerprint density at radius 1 is 1.14 bits per heavy atom. The van der Waals surface area contributed by atoms with Gasteiger partial charge in [0, 0.05) is 35.5 Å². The van der Waals surface area contributed by atoms with Gasteiger partial charge in [0.2, 0.25) is 5.91 Å². The quantitative estimate of drug-likeness (QED) is 0.426. The van der Waals surface area contributed by atoms with E-state index in [0.29, 0.717) is 34.4 Å². The summed E-state index contributed by atoms with van der Waals surface area (Å²) in [5.41, 5.74) is 9.26. The Labute approximate surface area is 209 Å². The van der Waals surface area contributed by atoms with Crippen molar-refractivity contribution in [1.29, 1.82) is 0 Å². The van der Waals surface area contributed by atoms with Crippen LogP contribution in [-0.2, 0) is 4.79 Å². The normalized spacial score (nSPS) is 19.8. The van der Waals surface area contributed by atoms with Crippen molar-refractivity contribution in [3.8, 4) is 16.9 Å². The lowest BCUT2D eigenvalue weighted by Gasteiger charge is -2.19. The van der Waals surface area contributed by atoms with Gasteiger partial charge in [-0.25, -0.2) is 4.98 Å². The van der Waals surface area contributed by atoms with Crippen LogP contribution in [-0.4, -0.2) is 33.7 Å². The molecule has 9 heteroatoms. The van der Waals surface area contributed by atoms with E-state index in [9.17, 15) is 9.59 Å². The molecule has 36 heavy (non-hydrogen) atoms. The molecule has 0 saturated heterocycles. The smallest absolute Gasteiger partial charge is 0.252 e. The van der Waals surface area contributed by atoms with Gasteiger partial charge in [0.25, 0.3) is 5.91 Å². The molecule has 1 aromatic carbocycles. The number of methoxy groups -OCH3 is 1. The molecule has 2 aromatic heterocycles. The molecule has 1 atom stereocenters. The Kier molecular flexibility index (Phi) is 5.43. The third kappa shape index (κ3) is 4.08. The van der Waals surface area contributed by atoms with Gasteiger partial charge in [-0.3, -0.25) is 14.3 Å². The fourth-order valence-electron chi connectivity index (χ4n) is 5.55. The van der Waals surface area contributed by atoms with Gasteiger partial charge in [0.1, 0.15) is 11.6 Å². The van der Waals surface area contributed by atoms with Crippen molar-refractivity contribution in [3.63, 3.8) is 0 Å². The van der Waals surface area contributed by atoms with Gasteiger partial charge in [-0.05, 0) is 50.0 Å². The van der Waals surface area contributed by atoms with Crippen molar-refractivity contribution in [2.75, 3.05) is 17.7 Å². The first kappa shape index (κ1) is 22.6. The molecule has 0 bridgehead atoms. The second kappa shape index (κ2) is 8.65. The molecule has 186 valence electrons. The number of anilines is 3. The maximum Gasteiger partial charge on any atom is 0.252 e. The summed E-state index contributed by atoms with van der Waals surface area (Å²) in [5.74, 6) is 0.344. The van der Waals surface area contributed by atoms with Gasteiger partial charge < -0.3 is 21.1 Å². The van der Waals surface area contributed by atoms with Gasteiger partial charge in [0.15, 0.2) is 0 Å². The number of nitrogens with zero attached hydrogens (tertiary/aromatic N) is 3. The van der Waals surface area contributed by atoms with Crippen molar-refractivity contribution in [2.24, 2.45) is 17.1 Å². The number of nitrogens with two attached hydrogens (primary N) is 1. The van der Waals surface area contributed by atoms with Gasteiger partial charge in [-0.15, -0.1) is 0 Å². The molecule has 3 aliphatic rings. The third-order valence-electron chi connectivity index (χ3n) is 7.84. The van der Waals surface area contributed by atoms with Crippen LogP contribution in [0.15, 0.2) is 42.9 Å². The molecule has 9 nitrogen and oxygen atoms in total. The number of para-hydroxylation sites is 1. The maximum atomic E-state index is 12.2. The molecule has 0 radical (unpaired) electrons. The molecular weight excluding hydrogens is 456 g/mol. The number of rotatable bonds is 8. The van der Waals surface area contributed by atoms with Crippen molar-refractivity contribution >= 4 is 29.0 Å². The van der Waals surface area contributed by atoms with Crippen LogP contribution < -0.4 is 21.1 Å². The number of aromatic nitrogens is 3. The molecule has 2 amide bonds. The minimum atomic E-state index is -0.618. The van der Waals surface area contributed by atoms with Gasteiger partial charge in [-0.1, -0.05) is 18.6 Å². The number of ether oxygens (including phenoxy) is 1. The maximum absolute atomic E-state index is 12.2. The number of nitrogens with one attached hydrogen (secondary N) is 2. The Bertz CT molecular complexity index is 1340. The zero-order valence-corrected chi connectivity index (χ0v) is 20.3. The van der Waals surface area contributed by atoms with Crippen LogP contribution in [0.3, 0.4) is 0 Å². The summed E-state index contributed by atoms with van der Waals surface area (Å²) in [7, 11) is 1.62. The van der Waals surface area contributed by atoms with E-state index < -0.39 is 5.91 Å². The van der Waals surface area contributed by atoms with E-state index in [-0.39, 0.29) is 17.4 Å². The molecule has 2 heterocycles. The first-order chi connectivity index (χ1) is 17.5. The Balaban J connectivity index is 1.31. The third-order valence-corrected chi connectivity index (χ3v) is 7.84. The number of pyridine rings is 1. The lowest BCUT2D eigenvalue weighted by molar-refractivity contribution is -0.117. The van der Waals surface area contributed by atoms with Crippen LogP contribution in [0.2, 0.25) is 0 Å². The van der Waals surface area contributed by atoms with E-state index in [4.69, 9.17) is 15.6 Å². The largest absolute Gasteiger partial charge is 0.494 e. The van der Waals surface area contributed by atoms with Crippen molar-refractivity contribution < 1.29 is 14.3 Å². The minimum absolute atomic E-state index is 0.0377. The number of benzene rings is 1.